The van der Waals surface area contributed by atoms with Gasteiger partial charge >= 0.3 is 12.4 Å². The number of pyridine rings is 2. The lowest BCUT2D eigenvalue weighted by atomic mass is 9.96. The van der Waals surface area contributed by atoms with E-state index >= 15 is 14.0 Å². The molecule has 24 heteroatoms. The van der Waals surface area contributed by atoms with Gasteiger partial charge in [0.2, 0.25) is 11.8 Å². The third kappa shape index (κ3) is 19.0. The van der Waals surface area contributed by atoms with Crippen LogP contribution in [0.25, 0.3) is 44.1 Å². The van der Waals surface area contributed by atoms with Crippen LogP contribution in [0.5, 0.6) is 0 Å². The number of fused-ring (bicyclic) bond motifs is 2. The van der Waals surface area contributed by atoms with E-state index in [0.717, 1.165) is 66.7 Å². The Kier molecular flexibility index (Phi) is 12.0. The molecule has 0 aliphatic carbocycles. The summed E-state index contributed by atoms with van der Waals surface area (Å²) in [4.78, 5) is 56.1. The number of carbonyl (C=O) groups is 2. The van der Waals surface area contributed by atoms with E-state index in [0.29, 0.717) is 30.2 Å². The second-order valence-corrected chi connectivity index (χ2v) is 23.3. The molecule has 4 heterocycles. The number of likely N-dealkylation sites (tertiary alicyclic amines) is 2. The molecule has 0 spiro atoms. The molecule has 8 aromatic carbocycles. The zero-order chi connectivity index (χ0) is 120. The van der Waals surface area contributed by atoms with Gasteiger partial charge in [0.25, 0.3) is 0 Å². The quantitative estimate of drug-likeness (QED) is 0.0428. The van der Waals surface area contributed by atoms with Gasteiger partial charge in [0.1, 0.15) is 13.0 Å². The number of amides is 2. The van der Waals surface area contributed by atoms with Crippen molar-refractivity contribution in [2.45, 2.75) is 111 Å². The summed E-state index contributed by atoms with van der Waals surface area (Å²) >= 11 is 0.160. The van der Waals surface area contributed by atoms with Gasteiger partial charge in [-0.05, 0) is 139 Å². The Labute approximate surface area is 686 Å². The number of nitrogens with zero attached hydrogens (tertiary/aromatic N) is 6. The minimum Gasteiger partial charge on any atom is -0.383 e. The molecule has 12 nitrogen and oxygen atoms in total. The first kappa shape index (κ1) is 36.2. The molecule has 10 aromatic rings. The van der Waals surface area contributed by atoms with E-state index in [4.69, 9.17) is 45.2 Å². The lowest BCUT2D eigenvalue weighted by Gasteiger charge is -2.42. The van der Waals surface area contributed by atoms with Crippen LogP contribution < -0.4 is 10.9 Å². The summed E-state index contributed by atoms with van der Waals surface area (Å²) in [7, 11) is -7.06. The second-order valence-electron chi connectivity index (χ2n) is 21.4. The fourth-order valence-corrected chi connectivity index (χ4v) is 11.4. The smallest absolute Gasteiger partial charge is 0.383 e. The molecule has 2 fully saturated rings. The first-order valence-electron chi connectivity index (χ1n) is 54.9. The molecule has 2 aliphatic heterocycles. The standard InChI is InChI=1S/2C41H40F5N3O3S/c1-27(28-10-12-29(13-11-28)30-14-16-32(17-15-30)41(44,45)46)49(33-18-20-47(21-19-33)22-23-52-2)38(51)25-48-36-9-4-3-7-34(36)37(50)24-39(48)53-26-31-6-5-8-35(42)40(31)43;1-27-22-29(28-12-14-32(15-13-28)41(44,45)46)10-11-30(27)24-48(33-16-18-47(19-17-33)20-21-52-2)38(51)25-49-36-9-4-3-7-34(36)37(50)23-39(49)53-26-31-6-5-8-35(42)40(31)43/h3-17,24,27,33H,18-23,25-26H2,1-2H3;3-15,22-23,33H,16-21,24-26H2,1-2H3/i2D3,18D2,19D2,20D2,21D2,22D2,25D2,27D,33D;2D3,3D,4D,5D,6D,7D,8D,9D,10D,11D,12D,13D,14D,15D,16D2,17D2,18D2,19D2,20D2,22D,23D,24D2,25D2,33D. The largest absolute Gasteiger partial charge is 0.416 e. The van der Waals surface area contributed by atoms with Gasteiger partial charge in [0.15, 0.2) is 34.1 Å². The van der Waals surface area contributed by atoms with Crippen LogP contribution in [0.4, 0.5) is 43.9 Å². The Bertz CT molecular complexity index is 7370. The molecule has 556 valence electrons. The van der Waals surface area contributed by atoms with E-state index < -0.39 is 385 Å². The Balaban J connectivity index is 0.000000300. The molecule has 0 saturated carbocycles. The van der Waals surface area contributed by atoms with Gasteiger partial charge in [0.05, 0.1) is 92.6 Å². The lowest BCUT2D eigenvalue weighted by molar-refractivity contribution is -0.138. The predicted molar refractivity (Wildman–Crippen MR) is 395 cm³/mol. The molecule has 1 atom stereocenters. The van der Waals surface area contributed by atoms with Crippen molar-refractivity contribution in [2.75, 3.05) is 66.3 Å². The molecule has 0 bridgehead atoms. The second kappa shape index (κ2) is 35.1. The van der Waals surface area contributed by atoms with Crippen molar-refractivity contribution in [1.82, 2.24) is 28.7 Å². The third-order valence-corrected chi connectivity index (χ3v) is 16.6. The minimum absolute atomic E-state index is 0.159. The number of carbonyl (C=O) groups excluding carboxylic acids is 2. The highest BCUT2D eigenvalue weighted by atomic mass is 32.2. The highest BCUT2D eigenvalue weighted by molar-refractivity contribution is 7.98. The van der Waals surface area contributed by atoms with Crippen molar-refractivity contribution in [1.29, 1.82) is 0 Å². The fourth-order valence-electron chi connectivity index (χ4n) is 9.45. The predicted octanol–water partition coefficient (Wildman–Crippen LogP) is 17.7. The molecule has 12 rings (SSSR count). The number of alkyl halides is 6. The van der Waals surface area contributed by atoms with E-state index in [1.165, 1.54) is 30.3 Å². The number of ether oxygens (including phenoxy) is 2. The van der Waals surface area contributed by atoms with Crippen molar-refractivity contribution < 1.29 is 132 Å². The average molecular weight is 1550 g/mol. The number of methoxy groups -OCH3 is 2. The Morgan fingerprint density at radius 1 is 0.594 bits per heavy atom. The first-order chi connectivity index (χ1) is 70.3. The van der Waals surface area contributed by atoms with Crippen LogP contribution in [0.2, 0.25) is 0 Å². The molecule has 106 heavy (non-hydrogen) atoms. The number of para-hydroxylation sites is 2. The van der Waals surface area contributed by atoms with Crippen molar-refractivity contribution in [3.05, 3.63) is 270 Å². The lowest BCUT2D eigenvalue weighted by Crippen LogP contribution is -2.49. The monoisotopic (exact) mass is 1550 g/mol. The van der Waals surface area contributed by atoms with E-state index in [1.54, 1.807) is 0 Å². The van der Waals surface area contributed by atoms with E-state index in [9.17, 15) is 72.4 Å². The number of benzene rings is 8. The maximum absolute atomic E-state index is 16.1. The van der Waals surface area contributed by atoms with Gasteiger partial charge < -0.3 is 38.2 Å². The molecule has 1 unspecified atom stereocenters. The highest BCUT2D eigenvalue weighted by Gasteiger charge is 2.35. The van der Waals surface area contributed by atoms with Crippen LogP contribution in [0.1, 0.15) is 146 Å². The normalized spacial score (nSPS) is 26.9. The maximum Gasteiger partial charge on any atom is 0.416 e. The summed E-state index contributed by atoms with van der Waals surface area (Å²) in [6.45, 7) is -42.8. The molecule has 2 amide bonds. The first-order valence-corrected chi connectivity index (χ1v) is 31.9. The number of thioether (sulfide) groups is 2. The minimum atomic E-state index is -5.60. The summed E-state index contributed by atoms with van der Waals surface area (Å²) in [5.74, 6) is -14.2. The summed E-state index contributed by atoms with van der Waals surface area (Å²) in [6.07, 6.45) is -29.7. The van der Waals surface area contributed by atoms with Crippen molar-refractivity contribution in [3.8, 4) is 22.3 Å². The van der Waals surface area contributed by atoms with Crippen LogP contribution in [-0.4, -0.2) is 119 Å². The highest BCUT2D eigenvalue weighted by Crippen LogP contribution is 2.37. The van der Waals surface area contributed by atoms with Gasteiger partial charge in [-0.1, -0.05) is 115 Å². The van der Waals surface area contributed by atoms with E-state index in [-0.39, 0.29) is 33.8 Å². The van der Waals surface area contributed by atoms with Crippen LogP contribution in [0.3, 0.4) is 0 Å². The Morgan fingerprint density at radius 3 is 1.84 bits per heavy atom. The molecular weight excluding hydrogens is 1420 g/mol. The number of hydrogen-bond donors (Lipinski definition) is 0. The van der Waals surface area contributed by atoms with Gasteiger partial charge in [-0.3, -0.25) is 19.2 Å². The van der Waals surface area contributed by atoms with Gasteiger partial charge in [0, 0.05) is 145 Å². The maximum atomic E-state index is 16.1. The third-order valence-electron chi connectivity index (χ3n) is 14.6. The fraction of sp³-hybridized carbons (Fsp3) is 0.317. The Morgan fingerprint density at radius 2 is 1.18 bits per heavy atom. The number of rotatable bonds is 24. The van der Waals surface area contributed by atoms with Crippen LogP contribution in [-0.2, 0) is 62.4 Å². The van der Waals surface area contributed by atoms with E-state index in [2.05, 4.69) is 9.47 Å². The number of hydrogen-bond acceptors (Lipinski definition) is 10. The van der Waals surface area contributed by atoms with E-state index in [1.807, 2.05) is 0 Å². The molecular formula is C82H80F10N6O6S2. The number of halogens is 10. The molecule has 2 aliphatic rings. The molecule has 0 radical (unpaired) electrons. The SMILES string of the molecule is [2H]C([2H])([2H])OCC([2H])([2H])N1C([2H])([2H])C([2H])([2H])C([2H])(N(C(=O)C([2H])([2H])n2c(SCc3cccc(F)c3F)cc(=O)c3ccccc32)C([2H])(C)c2ccc(-c3ccc(C(F)(F)F)cc3)cc2)C([2H])([2H])C1([2H])[2H].[2H]c1c([2H])c(F)c(F)c(CSc2c([2H])c(=O)c3c([2H])c([2H])c([2H])c([2H])c3n2C([2H])([2H])C(=O)N(C([2H])([2H])c2c([2H])c([2H])c(-c3c([2H])c([2H])c(C(F)(F)F)c([2H])c3[2H])c([2H])c2C)C2([2H])C([2H])([2H])C([2H])([2H])N(C([2H])([2H])COC([2H])([2H])[2H])C([2H])([2H])C2([2H])[2H])c1[2H]. The van der Waals surface area contributed by atoms with Gasteiger partial charge in [-0.25, -0.2) is 17.6 Å². The molecule has 2 saturated heterocycles. The van der Waals surface area contributed by atoms with Crippen LogP contribution in [0.15, 0.2) is 207 Å². The van der Waals surface area contributed by atoms with Crippen molar-refractivity contribution in [3.63, 3.8) is 0 Å². The molecule has 0 N–H and O–H groups in total. The van der Waals surface area contributed by atoms with Crippen molar-refractivity contribution >= 4 is 57.1 Å². The van der Waals surface area contributed by atoms with Gasteiger partial charge in [-0.2, -0.15) is 26.3 Å². The number of aromatic nitrogens is 2. The van der Waals surface area contributed by atoms with Crippen LogP contribution in [0, 0.1) is 30.2 Å². The topological polar surface area (TPSA) is 110 Å². The summed E-state index contributed by atoms with van der Waals surface area (Å²) in [6, 6.07) is -20.0. The average Bonchev–Trinajstić information content (AvgIpc) is 0.654. The van der Waals surface area contributed by atoms with Crippen molar-refractivity contribution in [2.24, 2.45) is 0 Å². The zero-order valence-corrected chi connectivity index (χ0v) is 55.4. The Hall–Kier alpha value is -9.04. The summed E-state index contributed by atoms with van der Waals surface area (Å²) < 4.78 is 591. The summed E-state index contributed by atoms with van der Waals surface area (Å²) in [5.41, 5.74) is -15.5. The number of piperidine rings is 2. The summed E-state index contributed by atoms with van der Waals surface area (Å²) in [5, 5.41) is -3.81. The van der Waals surface area contributed by atoms with Gasteiger partial charge in [-0.15, -0.1) is 23.5 Å². The van der Waals surface area contributed by atoms with Crippen LogP contribution >= 0.6 is 23.5 Å². The zero-order valence-electron chi connectivity index (χ0n) is 104. The molecule has 2 aromatic heterocycles.